The second-order valence-corrected chi connectivity index (χ2v) is 9.09. The van der Waals surface area contributed by atoms with E-state index in [4.69, 9.17) is 20.6 Å². The Morgan fingerprint density at radius 3 is 2.39 bits per heavy atom. The van der Waals surface area contributed by atoms with Gasteiger partial charge in [0.2, 0.25) is 0 Å². The van der Waals surface area contributed by atoms with E-state index < -0.39 is 12.1 Å². The molecule has 2 heterocycles. The predicted octanol–water partition coefficient (Wildman–Crippen LogP) is 5.86. The molecule has 2 aromatic heterocycles. The van der Waals surface area contributed by atoms with E-state index in [0.717, 1.165) is 27.5 Å². The largest absolute Gasteiger partial charge is 0.490 e. The molecule has 3 aromatic rings. The van der Waals surface area contributed by atoms with Crippen molar-refractivity contribution in [2.75, 3.05) is 5.73 Å². The molecule has 1 aliphatic rings. The lowest BCUT2D eigenvalue weighted by molar-refractivity contribution is -0.192. The average Bonchev–Trinajstić information content (AvgIpc) is 3.04. The Balaban J connectivity index is 0.000000339. The van der Waals surface area contributed by atoms with Gasteiger partial charge in [0.25, 0.3) is 0 Å². The number of thiophene rings is 1. The van der Waals surface area contributed by atoms with Crippen LogP contribution in [0.1, 0.15) is 41.7 Å². The zero-order valence-electron chi connectivity index (χ0n) is 16.6. The summed E-state index contributed by atoms with van der Waals surface area (Å²) in [5.41, 5.74) is 9.03. The molecule has 31 heavy (non-hydrogen) atoms. The van der Waals surface area contributed by atoms with Gasteiger partial charge in [0.1, 0.15) is 10.6 Å². The summed E-state index contributed by atoms with van der Waals surface area (Å²) in [5, 5.41) is 9.04. The molecule has 0 saturated heterocycles. The van der Waals surface area contributed by atoms with E-state index in [1.165, 1.54) is 48.1 Å². The average molecular weight is 470 g/mol. The normalized spacial score (nSPS) is 14.2. The summed E-state index contributed by atoms with van der Waals surface area (Å²) in [7, 11) is 0. The van der Waals surface area contributed by atoms with Crippen LogP contribution < -0.4 is 5.73 Å². The van der Waals surface area contributed by atoms with Gasteiger partial charge in [-0.25, -0.2) is 14.8 Å². The first-order valence-electron chi connectivity index (χ1n) is 9.80. The molecule has 0 atom stereocenters. The molecule has 1 aliphatic carbocycles. The number of aryl methyl sites for hydroxylation is 2. The molecule has 0 saturated carbocycles. The maximum Gasteiger partial charge on any atom is 0.490 e. The molecular formula is C21H22F3N3O2S2. The highest BCUT2D eigenvalue weighted by atomic mass is 32.2. The van der Waals surface area contributed by atoms with Crippen LogP contribution in [0.2, 0.25) is 0 Å². The van der Waals surface area contributed by atoms with E-state index in [1.54, 1.807) is 11.8 Å². The van der Waals surface area contributed by atoms with Crippen LogP contribution >= 0.6 is 23.1 Å². The van der Waals surface area contributed by atoms with Crippen molar-refractivity contribution >= 4 is 45.1 Å². The molecule has 0 amide bonds. The Kier molecular flexibility index (Phi) is 7.77. The van der Waals surface area contributed by atoms with Crippen molar-refractivity contribution in [3.63, 3.8) is 0 Å². The third kappa shape index (κ3) is 6.33. The number of alkyl halides is 3. The van der Waals surface area contributed by atoms with Gasteiger partial charge in [0.15, 0.2) is 5.16 Å². The van der Waals surface area contributed by atoms with Gasteiger partial charge < -0.3 is 10.8 Å². The number of hydrogen-bond acceptors (Lipinski definition) is 6. The number of carboxylic acids is 1. The molecule has 0 spiro atoms. The Labute approximate surface area is 185 Å². The maximum atomic E-state index is 10.6. The van der Waals surface area contributed by atoms with E-state index in [-0.39, 0.29) is 0 Å². The number of nitrogen functional groups attached to an aromatic ring is 1. The number of carbonyl (C=O) groups is 1. The monoisotopic (exact) mass is 469 g/mol. The topological polar surface area (TPSA) is 89.1 Å². The van der Waals surface area contributed by atoms with Gasteiger partial charge in [-0.1, -0.05) is 54.9 Å². The van der Waals surface area contributed by atoms with E-state index in [9.17, 15) is 13.2 Å². The molecule has 3 N–H and O–H groups in total. The minimum absolute atomic E-state index is 0.661. The van der Waals surface area contributed by atoms with E-state index in [2.05, 4.69) is 29.2 Å². The molecule has 166 valence electrons. The Bertz CT molecular complexity index is 1040. The number of hydrogen-bond donors (Lipinski definition) is 2. The lowest BCUT2D eigenvalue weighted by atomic mass is 9.98. The first kappa shape index (κ1) is 23.3. The number of aliphatic carboxylic acids is 1. The maximum absolute atomic E-state index is 10.6. The third-order valence-corrected chi connectivity index (χ3v) is 6.88. The molecule has 1 aromatic carbocycles. The molecule has 0 radical (unpaired) electrons. The first-order valence-corrected chi connectivity index (χ1v) is 11.6. The number of rotatable bonds is 3. The highest BCUT2D eigenvalue weighted by Gasteiger charge is 2.38. The molecule has 4 rings (SSSR count). The highest BCUT2D eigenvalue weighted by molar-refractivity contribution is 7.98. The van der Waals surface area contributed by atoms with Crippen LogP contribution in [0.4, 0.5) is 19.0 Å². The van der Waals surface area contributed by atoms with E-state index in [0.29, 0.717) is 5.82 Å². The molecule has 0 aliphatic heterocycles. The smallest absolute Gasteiger partial charge is 0.475 e. The van der Waals surface area contributed by atoms with Gasteiger partial charge in [0.05, 0.1) is 5.39 Å². The Morgan fingerprint density at radius 2 is 1.74 bits per heavy atom. The van der Waals surface area contributed by atoms with Gasteiger partial charge in [-0.2, -0.15) is 13.2 Å². The van der Waals surface area contributed by atoms with Gasteiger partial charge >= 0.3 is 12.1 Å². The van der Waals surface area contributed by atoms with Crippen LogP contribution in [0, 0.1) is 0 Å². The van der Waals surface area contributed by atoms with Crippen molar-refractivity contribution in [2.45, 2.75) is 55.6 Å². The fraction of sp³-hybridized carbons (Fsp3) is 0.381. The summed E-state index contributed by atoms with van der Waals surface area (Å²) in [6, 6.07) is 10.4. The molecule has 0 unspecified atom stereocenters. The zero-order chi connectivity index (χ0) is 22.4. The lowest BCUT2D eigenvalue weighted by Crippen LogP contribution is -2.21. The molecule has 0 bridgehead atoms. The SMILES string of the molecule is Nc1nc(SCc2ccccc2)nc2sc3c(c12)CCCCCC3.O=C(O)C(F)(F)F. The van der Waals surface area contributed by atoms with Gasteiger partial charge in [0, 0.05) is 10.6 Å². The summed E-state index contributed by atoms with van der Waals surface area (Å²) in [5.74, 6) is -1.22. The second kappa shape index (κ2) is 10.3. The van der Waals surface area contributed by atoms with Gasteiger partial charge in [-0.15, -0.1) is 11.3 Å². The number of nitrogens with zero attached hydrogens (tertiary/aromatic N) is 2. The number of thioether (sulfide) groups is 1. The standard InChI is InChI=1S/C19H21N3S2.C2HF3O2/c20-17-16-14-10-6-1-2-7-11-15(14)24-18(16)22-19(21-17)23-12-13-8-4-3-5-9-13;3-2(4,5)1(6)7/h3-5,8-9H,1-2,6-7,10-12H2,(H2,20,21,22);(H,6,7). The van der Waals surface area contributed by atoms with Gasteiger partial charge in [-0.3, -0.25) is 0 Å². The number of halogens is 3. The fourth-order valence-corrected chi connectivity index (χ4v) is 5.44. The summed E-state index contributed by atoms with van der Waals surface area (Å²) in [6.45, 7) is 0. The van der Waals surface area contributed by atoms with E-state index >= 15 is 0 Å². The van der Waals surface area contributed by atoms with Crippen LogP contribution in [-0.2, 0) is 23.4 Å². The minimum Gasteiger partial charge on any atom is -0.475 e. The number of fused-ring (bicyclic) bond motifs is 3. The number of benzene rings is 1. The van der Waals surface area contributed by atoms with Crippen molar-refractivity contribution < 1.29 is 23.1 Å². The van der Waals surface area contributed by atoms with Crippen molar-refractivity contribution in [1.82, 2.24) is 9.97 Å². The lowest BCUT2D eigenvalue weighted by Gasteiger charge is -2.09. The summed E-state index contributed by atoms with van der Waals surface area (Å²) >= 11 is 3.49. The van der Waals surface area contributed by atoms with Crippen LogP contribution in [0.5, 0.6) is 0 Å². The highest BCUT2D eigenvalue weighted by Crippen LogP contribution is 2.37. The van der Waals surface area contributed by atoms with Crippen molar-refractivity contribution in [3.8, 4) is 0 Å². The fourth-order valence-electron chi connectivity index (χ4n) is 3.31. The van der Waals surface area contributed by atoms with Gasteiger partial charge in [-0.05, 0) is 36.8 Å². The third-order valence-electron chi connectivity index (χ3n) is 4.78. The number of anilines is 1. The molecule has 5 nitrogen and oxygen atoms in total. The molecular weight excluding hydrogens is 447 g/mol. The summed E-state index contributed by atoms with van der Waals surface area (Å²) in [6.07, 6.45) is 2.41. The summed E-state index contributed by atoms with van der Waals surface area (Å²) in [4.78, 5) is 20.8. The minimum atomic E-state index is -5.08. The Morgan fingerprint density at radius 1 is 1.10 bits per heavy atom. The molecule has 10 heteroatoms. The van der Waals surface area contributed by atoms with Crippen LogP contribution in [0.15, 0.2) is 35.5 Å². The van der Waals surface area contributed by atoms with Crippen LogP contribution in [-0.4, -0.2) is 27.2 Å². The van der Waals surface area contributed by atoms with Crippen molar-refractivity contribution in [1.29, 1.82) is 0 Å². The Hall–Kier alpha value is -2.33. The number of nitrogens with two attached hydrogens (primary N) is 1. The van der Waals surface area contributed by atoms with Crippen molar-refractivity contribution in [2.24, 2.45) is 0 Å². The predicted molar refractivity (Wildman–Crippen MR) is 117 cm³/mol. The number of carboxylic acid groups (broad SMARTS) is 1. The van der Waals surface area contributed by atoms with E-state index in [1.807, 2.05) is 17.4 Å². The van der Waals surface area contributed by atoms with Crippen LogP contribution in [0.3, 0.4) is 0 Å². The van der Waals surface area contributed by atoms with Crippen LogP contribution in [0.25, 0.3) is 10.2 Å². The van der Waals surface area contributed by atoms with Crippen molar-refractivity contribution in [3.05, 3.63) is 46.3 Å². The quantitative estimate of drug-likeness (QED) is 0.369. The number of aromatic nitrogens is 2. The first-order chi connectivity index (χ1) is 14.8. The zero-order valence-corrected chi connectivity index (χ0v) is 18.2. The second-order valence-electron chi connectivity index (χ2n) is 7.07. The molecule has 0 fully saturated rings. The summed E-state index contributed by atoms with van der Waals surface area (Å²) < 4.78 is 31.7.